The Morgan fingerprint density at radius 1 is 1.16 bits per heavy atom. The van der Waals surface area contributed by atoms with Crippen LogP contribution in [0, 0.1) is 0 Å². The summed E-state index contributed by atoms with van der Waals surface area (Å²) in [6, 6.07) is 14.5. The first kappa shape index (κ1) is 17.5. The summed E-state index contributed by atoms with van der Waals surface area (Å²) in [5.74, 6) is 0.226. The van der Waals surface area contributed by atoms with Crippen LogP contribution in [-0.4, -0.2) is 24.0 Å². The molecule has 1 atom stereocenters. The molecule has 2 aromatic rings. The molecule has 6 heteroatoms. The second-order valence-corrected chi connectivity index (χ2v) is 6.95. The highest BCUT2D eigenvalue weighted by molar-refractivity contribution is 9.10. The zero-order valence-corrected chi connectivity index (χ0v) is 15.4. The van der Waals surface area contributed by atoms with Gasteiger partial charge in [-0.2, -0.15) is 0 Å². The SMILES string of the molecule is CC(Oc1ccc(Br)cc1)C(=O)Nc1cccc(C(=O)NC2CC2)c1. The quantitative estimate of drug-likeness (QED) is 0.772. The van der Waals surface area contributed by atoms with Gasteiger partial charge in [0.25, 0.3) is 11.8 Å². The van der Waals surface area contributed by atoms with E-state index in [-0.39, 0.29) is 11.8 Å². The summed E-state index contributed by atoms with van der Waals surface area (Å²) in [5.41, 5.74) is 1.10. The van der Waals surface area contributed by atoms with Crippen molar-refractivity contribution in [2.24, 2.45) is 0 Å². The minimum Gasteiger partial charge on any atom is -0.481 e. The first-order valence-corrected chi connectivity index (χ1v) is 8.94. The van der Waals surface area contributed by atoms with E-state index < -0.39 is 6.10 Å². The number of amides is 2. The fraction of sp³-hybridized carbons (Fsp3) is 0.263. The molecule has 2 aromatic carbocycles. The van der Waals surface area contributed by atoms with Crippen LogP contribution in [0.3, 0.4) is 0 Å². The monoisotopic (exact) mass is 402 g/mol. The largest absolute Gasteiger partial charge is 0.481 e. The number of benzene rings is 2. The van der Waals surface area contributed by atoms with Crippen LogP contribution in [-0.2, 0) is 4.79 Å². The van der Waals surface area contributed by atoms with Crippen molar-refractivity contribution in [1.82, 2.24) is 5.32 Å². The van der Waals surface area contributed by atoms with Gasteiger partial charge in [-0.3, -0.25) is 9.59 Å². The van der Waals surface area contributed by atoms with Gasteiger partial charge in [-0.1, -0.05) is 22.0 Å². The van der Waals surface area contributed by atoms with Gasteiger partial charge in [-0.25, -0.2) is 0 Å². The lowest BCUT2D eigenvalue weighted by Gasteiger charge is -2.15. The average Bonchev–Trinajstić information content (AvgIpc) is 3.41. The van der Waals surface area contributed by atoms with E-state index in [2.05, 4.69) is 26.6 Å². The van der Waals surface area contributed by atoms with Crippen LogP contribution in [0.5, 0.6) is 5.75 Å². The summed E-state index contributed by atoms with van der Waals surface area (Å²) in [6.45, 7) is 1.68. The van der Waals surface area contributed by atoms with Gasteiger partial charge in [0, 0.05) is 21.8 Å². The third kappa shape index (κ3) is 5.06. The van der Waals surface area contributed by atoms with E-state index >= 15 is 0 Å². The van der Waals surface area contributed by atoms with Crippen molar-refractivity contribution in [3.63, 3.8) is 0 Å². The smallest absolute Gasteiger partial charge is 0.265 e. The maximum absolute atomic E-state index is 12.3. The van der Waals surface area contributed by atoms with Crippen LogP contribution >= 0.6 is 15.9 Å². The molecular formula is C19H19BrN2O3. The van der Waals surface area contributed by atoms with Crippen LogP contribution in [0.4, 0.5) is 5.69 Å². The molecule has 2 N–H and O–H groups in total. The van der Waals surface area contributed by atoms with Gasteiger partial charge in [-0.05, 0) is 62.2 Å². The fourth-order valence-corrected chi connectivity index (χ4v) is 2.51. The van der Waals surface area contributed by atoms with E-state index in [0.717, 1.165) is 17.3 Å². The highest BCUT2D eigenvalue weighted by Crippen LogP contribution is 2.20. The van der Waals surface area contributed by atoms with Gasteiger partial charge < -0.3 is 15.4 Å². The molecule has 3 rings (SSSR count). The lowest BCUT2D eigenvalue weighted by atomic mass is 10.2. The molecule has 1 aliphatic carbocycles. The normalized spacial score (nSPS) is 14.5. The van der Waals surface area contributed by atoms with Gasteiger partial charge in [0.2, 0.25) is 0 Å². The van der Waals surface area contributed by atoms with E-state index in [1.807, 2.05) is 12.1 Å². The zero-order chi connectivity index (χ0) is 17.8. The molecule has 1 saturated carbocycles. The number of hydrogen-bond acceptors (Lipinski definition) is 3. The standard InChI is InChI=1S/C19H19BrN2O3/c1-12(25-17-9-5-14(20)6-10-17)18(23)22-16-4-2-3-13(11-16)19(24)21-15-7-8-15/h2-6,9-12,15H,7-8H2,1H3,(H,21,24)(H,22,23). The highest BCUT2D eigenvalue weighted by atomic mass is 79.9. The van der Waals surface area contributed by atoms with Crippen molar-refractivity contribution in [1.29, 1.82) is 0 Å². The Balaban J connectivity index is 1.59. The molecule has 0 bridgehead atoms. The van der Waals surface area contributed by atoms with Gasteiger partial charge >= 0.3 is 0 Å². The van der Waals surface area contributed by atoms with Gasteiger partial charge in [-0.15, -0.1) is 0 Å². The Hall–Kier alpha value is -2.34. The molecule has 130 valence electrons. The van der Waals surface area contributed by atoms with Crippen molar-refractivity contribution in [2.75, 3.05) is 5.32 Å². The Kier molecular flexibility index (Phi) is 5.38. The van der Waals surface area contributed by atoms with Crippen molar-refractivity contribution in [3.05, 3.63) is 58.6 Å². The van der Waals surface area contributed by atoms with Crippen LogP contribution < -0.4 is 15.4 Å². The third-order valence-corrected chi connectivity index (χ3v) is 4.33. The number of carbonyl (C=O) groups excluding carboxylic acids is 2. The van der Waals surface area contributed by atoms with Crippen molar-refractivity contribution in [2.45, 2.75) is 31.9 Å². The van der Waals surface area contributed by atoms with E-state index in [0.29, 0.717) is 23.0 Å². The van der Waals surface area contributed by atoms with Crippen molar-refractivity contribution in [3.8, 4) is 5.75 Å². The number of nitrogens with one attached hydrogen (secondary N) is 2. The molecule has 0 aromatic heterocycles. The summed E-state index contributed by atoms with van der Waals surface area (Å²) in [5, 5.41) is 5.71. The maximum atomic E-state index is 12.3. The Morgan fingerprint density at radius 3 is 2.56 bits per heavy atom. The third-order valence-electron chi connectivity index (χ3n) is 3.80. The second-order valence-electron chi connectivity index (χ2n) is 6.03. The minimum absolute atomic E-state index is 0.113. The van der Waals surface area contributed by atoms with E-state index in [1.165, 1.54) is 0 Å². The molecule has 5 nitrogen and oxygen atoms in total. The number of rotatable bonds is 6. The lowest BCUT2D eigenvalue weighted by Crippen LogP contribution is -2.30. The van der Waals surface area contributed by atoms with Crippen molar-refractivity contribution >= 4 is 33.4 Å². The molecular weight excluding hydrogens is 384 g/mol. The fourth-order valence-electron chi connectivity index (χ4n) is 2.25. The molecule has 1 unspecified atom stereocenters. The molecule has 2 amide bonds. The van der Waals surface area contributed by atoms with Crippen LogP contribution in [0.15, 0.2) is 53.0 Å². The predicted molar refractivity (Wildman–Crippen MR) is 99.8 cm³/mol. The zero-order valence-electron chi connectivity index (χ0n) is 13.8. The lowest BCUT2D eigenvalue weighted by molar-refractivity contribution is -0.122. The Morgan fingerprint density at radius 2 is 1.88 bits per heavy atom. The molecule has 0 saturated heterocycles. The predicted octanol–water partition coefficient (Wildman–Crippen LogP) is 3.75. The van der Waals surface area contributed by atoms with E-state index in [4.69, 9.17) is 4.74 Å². The van der Waals surface area contributed by atoms with Gasteiger partial charge in [0.15, 0.2) is 6.10 Å². The number of carbonyl (C=O) groups is 2. The van der Waals surface area contributed by atoms with Gasteiger partial charge in [0.1, 0.15) is 5.75 Å². The first-order valence-electron chi connectivity index (χ1n) is 8.15. The van der Waals surface area contributed by atoms with E-state index in [1.54, 1.807) is 43.3 Å². The number of ether oxygens (including phenoxy) is 1. The summed E-state index contributed by atoms with van der Waals surface area (Å²) in [7, 11) is 0. The maximum Gasteiger partial charge on any atom is 0.265 e. The molecule has 0 radical (unpaired) electrons. The summed E-state index contributed by atoms with van der Waals surface area (Å²) in [6.07, 6.45) is 1.41. The second kappa shape index (κ2) is 7.70. The summed E-state index contributed by atoms with van der Waals surface area (Å²) >= 11 is 3.35. The van der Waals surface area contributed by atoms with Crippen LogP contribution in [0.25, 0.3) is 0 Å². The molecule has 1 aliphatic rings. The summed E-state index contributed by atoms with van der Waals surface area (Å²) < 4.78 is 6.57. The minimum atomic E-state index is -0.662. The Labute approximate surface area is 154 Å². The average molecular weight is 403 g/mol. The van der Waals surface area contributed by atoms with Gasteiger partial charge in [0.05, 0.1) is 0 Å². The molecule has 0 heterocycles. The van der Waals surface area contributed by atoms with E-state index in [9.17, 15) is 9.59 Å². The topological polar surface area (TPSA) is 67.4 Å². The Bertz CT molecular complexity index is 772. The number of halogens is 1. The molecule has 1 fully saturated rings. The molecule has 0 spiro atoms. The number of hydrogen-bond donors (Lipinski definition) is 2. The van der Waals surface area contributed by atoms with Crippen LogP contribution in [0.2, 0.25) is 0 Å². The number of anilines is 1. The van der Waals surface area contributed by atoms with Crippen LogP contribution in [0.1, 0.15) is 30.1 Å². The molecule has 25 heavy (non-hydrogen) atoms. The van der Waals surface area contributed by atoms with Crippen molar-refractivity contribution < 1.29 is 14.3 Å². The highest BCUT2D eigenvalue weighted by Gasteiger charge is 2.24. The first-order chi connectivity index (χ1) is 12.0. The molecule has 0 aliphatic heterocycles. The summed E-state index contributed by atoms with van der Waals surface area (Å²) in [4.78, 5) is 24.4.